The summed E-state index contributed by atoms with van der Waals surface area (Å²) in [6, 6.07) is 13.0. The van der Waals surface area contributed by atoms with E-state index in [0.717, 1.165) is 11.1 Å². The van der Waals surface area contributed by atoms with Crippen molar-refractivity contribution < 1.29 is 0 Å². The minimum Gasteiger partial charge on any atom is -0.382 e. The number of nitrogens with zero attached hydrogens (tertiary/aromatic N) is 3. The van der Waals surface area contributed by atoms with E-state index < -0.39 is 0 Å². The number of amidine groups is 1. The summed E-state index contributed by atoms with van der Waals surface area (Å²) in [7, 11) is 0. The molecule has 0 bridgehead atoms. The monoisotopic (exact) mass is 264 g/mol. The molecular formula is C14H12N6. The van der Waals surface area contributed by atoms with Gasteiger partial charge in [0, 0.05) is 18.0 Å². The first kappa shape index (κ1) is 13.2. The molecule has 2 rings (SSSR count). The molecule has 1 aromatic heterocycles. The summed E-state index contributed by atoms with van der Waals surface area (Å²) in [5, 5.41) is 19.9. The third kappa shape index (κ3) is 2.97. The quantitative estimate of drug-likeness (QED) is 0.445. The van der Waals surface area contributed by atoms with E-state index in [9.17, 15) is 0 Å². The van der Waals surface area contributed by atoms with Crippen LogP contribution < -0.4 is 11.2 Å². The van der Waals surface area contributed by atoms with Crippen molar-refractivity contribution >= 4 is 17.2 Å². The average Bonchev–Trinajstić information content (AvgIpc) is 2.49. The van der Waals surface area contributed by atoms with Gasteiger partial charge in [0.15, 0.2) is 5.84 Å². The summed E-state index contributed by atoms with van der Waals surface area (Å²) in [6.45, 7) is 0. The minimum absolute atomic E-state index is 0.158. The molecule has 2 aromatic rings. The van der Waals surface area contributed by atoms with Gasteiger partial charge in [-0.3, -0.25) is 15.8 Å². The van der Waals surface area contributed by atoms with E-state index in [2.05, 4.69) is 15.5 Å². The first-order valence-corrected chi connectivity index (χ1v) is 5.80. The zero-order valence-corrected chi connectivity index (χ0v) is 10.5. The third-order valence-electron chi connectivity index (χ3n) is 2.57. The van der Waals surface area contributed by atoms with Crippen molar-refractivity contribution in [3.63, 3.8) is 0 Å². The van der Waals surface area contributed by atoms with E-state index in [1.165, 1.54) is 0 Å². The molecule has 0 atom stereocenters. The highest BCUT2D eigenvalue weighted by Gasteiger charge is 2.05. The van der Waals surface area contributed by atoms with Gasteiger partial charge < -0.3 is 5.73 Å². The molecule has 1 aromatic carbocycles. The summed E-state index contributed by atoms with van der Waals surface area (Å²) < 4.78 is 0. The van der Waals surface area contributed by atoms with Gasteiger partial charge in [-0.05, 0) is 23.8 Å². The average molecular weight is 264 g/mol. The highest BCUT2D eigenvalue weighted by molar-refractivity contribution is 6.45. The van der Waals surface area contributed by atoms with Crippen molar-refractivity contribution in [3.05, 3.63) is 48.8 Å². The fourth-order valence-electron chi connectivity index (χ4n) is 1.63. The fourth-order valence-corrected chi connectivity index (χ4v) is 1.63. The molecule has 1 heterocycles. The standard InChI is InChI=1S/C14H12N6/c15-9-13(14(16)17)20-19-12-4-2-1-3-11(12)10-5-7-18-8-6-10/h1-8,19H,(H3,16,17)/b20-13+. The Morgan fingerprint density at radius 3 is 2.60 bits per heavy atom. The Labute approximate surface area is 116 Å². The molecule has 0 amide bonds. The molecule has 6 nitrogen and oxygen atoms in total. The molecule has 0 unspecified atom stereocenters. The Bertz CT molecular complexity index is 684. The van der Waals surface area contributed by atoms with Gasteiger partial charge in [0.2, 0.25) is 5.71 Å². The predicted molar refractivity (Wildman–Crippen MR) is 78.3 cm³/mol. The molecule has 20 heavy (non-hydrogen) atoms. The second-order valence-corrected chi connectivity index (χ2v) is 3.88. The number of aromatic nitrogens is 1. The molecular weight excluding hydrogens is 252 g/mol. The molecule has 0 aliphatic rings. The number of para-hydroxylation sites is 1. The lowest BCUT2D eigenvalue weighted by molar-refractivity contribution is 1.31. The smallest absolute Gasteiger partial charge is 0.201 e. The normalized spacial score (nSPS) is 10.7. The molecule has 0 aliphatic carbocycles. The highest BCUT2D eigenvalue weighted by Crippen LogP contribution is 2.27. The number of rotatable bonds is 4. The fraction of sp³-hybridized carbons (Fsp3) is 0. The van der Waals surface area contributed by atoms with Crippen LogP contribution in [0.2, 0.25) is 0 Å². The Hall–Kier alpha value is -3.20. The van der Waals surface area contributed by atoms with Gasteiger partial charge in [-0.25, -0.2) is 0 Å². The van der Waals surface area contributed by atoms with Crippen molar-refractivity contribution in [2.45, 2.75) is 0 Å². The number of nitrogens with one attached hydrogen (secondary N) is 2. The van der Waals surface area contributed by atoms with E-state index in [4.69, 9.17) is 16.4 Å². The van der Waals surface area contributed by atoms with Crippen molar-refractivity contribution in [1.82, 2.24) is 4.98 Å². The van der Waals surface area contributed by atoms with Crippen LogP contribution in [-0.4, -0.2) is 16.5 Å². The number of hydrogen-bond donors (Lipinski definition) is 3. The maximum absolute atomic E-state index is 8.81. The van der Waals surface area contributed by atoms with Gasteiger partial charge >= 0.3 is 0 Å². The zero-order chi connectivity index (χ0) is 14.4. The Morgan fingerprint density at radius 2 is 1.95 bits per heavy atom. The van der Waals surface area contributed by atoms with Crippen molar-refractivity contribution in [2.75, 3.05) is 5.43 Å². The van der Waals surface area contributed by atoms with E-state index in [1.807, 2.05) is 36.4 Å². The van der Waals surface area contributed by atoms with Crippen LogP contribution >= 0.6 is 0 Å². The van der Waals surface area contributed by atoms with Crippen molar-refractivity contribution in [1.29, 1.82) is 10.7 Å². The predicted octanol–water partition coefficient (Wildman–Crippen LogP) is 1.98. The van der Waals surface area contributed by atoms with Gasteiger partial charge in [-0.1, -0.05) is 18.2 Å². The maximum Gasteiger partial charge on any atom is 0.201 e. The second kappa shape index (κ2) is 6.11. The van der Waals surface area contributed by atoms with Crippen LogP contribution in [-0.2, 0) is 0 Å². The molecule has 0 aliphatic heterocycles. The van der Waals surface area contributed by atoms with Gasteiger partial charge in [0.05, 0.1) is 5.69 Å². The van der Waals surface area contributed by atoms with E-state index in [-0.39, 0.29) is 11.5 Å². The number of hydrogen-bond acceptors (Lipinski definition) is 5. The largest absolute Gasteiger partial charge is 0.382 e. The zero-order valence-electron chi connectivity index (χ0n) is 10.5. The number of nitriles is 1. The van der Waals surface area contributed by atoms with Gasteiger partial charge in [-0.15, -0.1) is 0 Å². The molecule has 0 saturated heterocycles. The summed E-state index contributed by atoms with van der Waals surface area (Å²) in [5.74, 6) is -0.374. The molecule has 0 spiro atoms. The van der Waals surface area contributed by atoms with Crippen LogP contribution in [0.3, 0.4) is 0 Å². The highest BCUT2D eigenvalue weighted by atomic mass is 15.3. The lowest BCUT2D eigenvalue weighted by atomic mass is 10.1. The number of benzene rings is 1. The topological polar surface area (TPSA) is 111 Å². The summed E-state index contributed by atoms with van der Waals surface area (Å²) in [4.78, 5) is 3.98. The minimum atomic E-state index is -0.374. The number of hydrazone groups is 1. The summed E-state index contributed by atoms with van der Waals surface area (Å²) in [5.41, 5.74) is 10.5. The number of anilines is 1. The first-order valence-electron chi connectivity index (χ1n) is 5.80. The Kier molecular flexibility index (Phi) is 4.04. The molecule has 0 fully saturated rings. The molecule has 98 valence electrons. The van der Waals surface area contributed by atoms with Crippen LogP contribution in [0.5, 0.6) is 0 Å². The molecule has 0 radical (unpaired) electrons. The van der Waals surface area contributed by atoms with Crippen LogP contribution in [0, 0.1) is 16.7 Å². The van der Waals surface area contributed by atoms with E-state index in [1.54, 1.807) is 18.5 Å². The van der Waals surface area contributed by atoms with Crippen LogP contribution in [0.4, 0.5) is 5.69 Å². The van der Waals surface area contributed by atoms with Gasteiger partial charge in [-0.2, -0.15) is 10.4 Å². The third-order valence-corrected chi connectivity index (χ3v) is 2.57. The lowest BCUT2D eigenvalue weighted by Gasteiger charge is -2.08. The number of pyridine rings is 1. The lowest BCUT2D eigenvalue weighted by Crippen LogP contribution is -2.21. The molecule has 4 N–H and O–H groups in total. The summed E-state index contributed by atoms with van der Waals surface area (Å²) in [6.07, 6.45) is 3.40. The summed E-state index contributed by atoms with van der Waals surface area (Å²) >= 11 is 0. The first-order chi connectivity index (χ1) is 9.72. The van der Waals surface area contributed by atoms with Crippen molar-refractivity contribution in [2.24, 2.45) is 10.8 Å². The van der Waals surface area contributed by atoms with Gasteiger partial charge in [0.1, 0.15) is 6.07 Å². The van der Waals surface area contributed by atoms with Gasteiger partial charge in [0.25, 0.3) is 0 Å². The second-order valence-electron chi connectivity index (χ2n) is 3.88. The van der Waals surface area contributed by atoms with E-state index >= 15 is 0 Å². The van der Waals surface area contributed by atoms with Crippen LogP contribution in [0.15, 0.2) is 53.9 Å². The van der Waals surface area contributed by atoms with Crippen LogP contribution in [0.1, 0.15) is 0 Å². The maximum atomic E-state index is 8.81. The Balaban J connectivity index is 2.35. The number of nitrogens with two attached hydrogens (primary N) is 1. The van der Waals surface area contributed by atoms with Crippen molar-refractivity contribution in [3.8, 4) is 17.2 Å². The molecule has 6 heteroatoms. The SMILES string of the molecule is N#C/C(=N\Nc1ccccc1-c1ccncc1)C(=N)N. The van der Waals surface area contributed by atoms with Crippen LogP contribution in [0.25, 0.3) is 11.1 Å². The Morgan fingerprint density at radius 1 is 1.25 bits per heavy atom. The molecule has 0 saturated carbocycles. The van der Waals surface area contributed by atoms with E-state index in [0.29, 0.717) is 5.69 Å².